The zero-order valence-corrected chi connectivity index (χ0v) is 10.1. The molecule has 4 heteroatoms. The summed E-state index contributed by atoms with van der Waals surface area (Å²) in [6, 6.07) is 5.17. The molecule has 0 amide bonds. The second kappa shape index (κ2) is 4.04. The van der Waals surface area contributed by atoms with Gasteiger partial charge in [0.15, 0.2) is 0 Å². The topological polar surface area (TPSA) is 72.5 Å². The van der Waals surface area contributed by atoms with E-state index in [0.29, 0.717) is 18.6 Å². The Labute approximate surface area is 100 Å². The van der Waals surface area contributed by atoms with Gasteiger partial charge in [-0.2, -0.15) is 0 Å². The van der Waals surface area contributed by atoms with Crippen molar-refractivity contribution in [2.24, 2.45) is 11.1 Å². The van der Waals surface area contributed by atoms with Crippen LogP contribution in [0.4, 0.5) is 0 Å². The molecule has 1 atom stereocenters. The summed E-state index contributed by atoms with van der Waals surface area (Å²) in [4.78, 5) is 11.3. The van der Waals surface area contributed by atoms with E-state index >= 15 is 0 Å². The minimum atomic E-state index is -0.812. The predicted molar refractivity (Wildman–Crippen MR) is 64.0 cm³/mol. The van der Waals surface area contributed by atoms with Crippen LogP contribution in [0.1, 0.15) is 30.0 Å². The molecular weight excluding hydrogens is 218 g/mol. The van der Waals surface area contributed by atoms with Crippen LogP contribution in [-0.2, 0) is 4.79 Å². The molecule has 0 aliphatic heterocycles. The third-order valence-electron chi connectivity index (χ3n) is 3.53. The highest BCUT2D eigenvalue weighted by Gasteiger charge is 2.55. The third kappa shape index (κ3) is 1.89. The molecule has 1 aliphatic rings. The van der Waals surface area contributed by atoms with Gasteiger partial charge in [-0.05, 0) is 25.8 Å². The van der Waals surface area contributed by atoms with Crippen LogP contribution >= 0.6 is 0 Å². The van der Waals surface area contributed by atoms with E-state index in [1.165, 1.54) is 0 Å². The standard InChI is InChI=1S/C13H17NO3/c1-8-3-4-10(17-2)9(7-8)11(14)13(5-6-13)12(15)16/h3-4,7,11H,5-6,14H2,1-2H3,(H,15,16). The van der Waals surface area contributed by atoms with Gasteiger partial charge < -0.3 is 15.6 Å². The highest BCUT2D eigenvalue weighted by atomic mass is 16.5. The maximum Gasteiger partial charge on any atom is 0.311 e. The fraction of sp³-hybridized carbons (Fsp3) is 0.462. The average Bonchev–Trinajstić information content (AvgIpc) is 3.09. The smallest absolute Gasteiger partial charge is 0.311 e. The van der Waals surface area contributed by atoms with Gasteiger partial charge in [0.2, 0.25) is 0 Å². The number of carboxylic acid groups (broad SMARTS) is 1. The van der Waals surface area contributed by atoms with Crippen LogP contribution in [0.25, 0.3) is 0 Å². The highest BCUT2D eigenvalue weighted by Crippen LogP contribution is 2.55. The lowest BCUT2D eigenvalue weighted by atomic mass is 9.89. The van der Waals surface area contributed by atoms with Crippen molar-refractivity contribution >= 4 is 5.97 Å². The summed E-state index contributed by atoms with van der Waals surface area (Å²) < 4.78 is 5.25. The molecule has 1 aromatic carbocycles. The van der Waals surface area contributed by atoms with Crippen molar-refractivity contribution in [2.75, 3.05) is 7.11 Å². The zero-order valence-electron chi connectivity index (χ0n) is 10.1. The summed E-state index contributed by atoms with van der Waals surface area (Å²) in [6.07, 6.45) is 1.28. The fourth-order valence-electron chi connectivity index (χ4n) is 2.19. The van der Waals surface area contributed by atoms with Gasteiger partial charge in [-0.1, -0.05) is 17.7 Å². The number of ether oxygens (including phenoxy) is 1. The number of aliphatic carboxylic acids is 1. The molecule has 1 unspecified atom stereocenters. The van der Waals surface area contributed by atoms with Crippen molar-refractivity contribution in [3.05, 3.63) is 29.3 Å². The summed E-state index contributed by atoms with van der Waals surface area (Å²) in [6.45, 7) is 1.95. The summed E-state index contributed by atoms with van der Waals surface area (Å²) in [5, 5.41) is 9.25. The molecular formula is C13H17NO3. The first kappa shape index (κ1) is 11.9. The lowest BCUT2D eigenvalue weighted by Crippen LogP contribution is -2.30. The first-order valence-electron chi connectivity index (χ1n) is 5.65. The lowest BCUT2D eigenvalue weighted by Gasteiger charge is -2.22. The molecule has 1 fully saturated rings. The molecule has 0 spiro atoms. The van der Waals surface area contributed by atoms with E-state index in [1.807, 2.05) is 25.1 Å². The third-order valence-corrected chi connectivity index (χ3v) is 3.53. The molecule has 1 aromatic rings. The molecule has 0 heterocycles. The number of rotatable bonds is 4. The summed E-state index contributed by atoms with van der Waals surface area (Å²) in [5.74, 6) is -0.149. The lowest BCUT2D eigenvalue weighted by molar-refractivity contribution is -0.144. The summed E-state index contributed by atoms with van der Waals surface area (Å²) in [7, 11) is 1.57. The summed E-state index contributed by atoms with van der Waals surface area (Å²) >= 11 is 0. The molecule has 1 aliphatic carbocycles. The van der Waals surface area contributed by atoms with Crippen molar-refractivity contribution in [3.8, 4) is 5.75 Å². The Balaban J connectivity index is 2.40. The Morgan fingerprint density at radius 3 is 2.65 bits per heavy atom. The molecule has 17 heavy (non-hydrogen) atoms. The van der Waals surface area contributed by atoms with Gasteiger partial charge in [-0.15, -0.1) is 0 Å². The van der Waals surface area contributed by atoms with Gasteiger partial charge in [0, 0.05) is 11.6 Å². The SMILES string of the molecule is COc1ccc(C)cc1C(N)C1(C(=O)O)CC1. The Morgan fingerprint density at radius 2 is 2.18 bits per heavy atom. The second-order valence-corrected chi connectivity index (χ2v) is 4.68. The van der Waals surface area contributed by atoms with Gasteiger partial charge in [0.05, 0.1) is 12.5 Å². The molecule has 4 nitrogen and oxygen atoms in total. The molecule has 0 saturated heterocycles. The van der Waals surface area contributed by atoms with Gasteiger partial charge in [0.25, 0.3) is 0 Å². The van der Waals surface area contributed by atoms with Crippen molar-refractivity contribution < 1.29 is 14.6 Å². The number of hydrogen-bond donors (Lipinski definition) is 2. The van der Waals surface area contributed by atoms with Crippen molar-refractivity contribution in [3.63, 3.8) is 0 Å². The predicted octanol–water partition coefficient (Wildman–Crippen LogP) is 1.87. The Hall–Kier alpha value is -1.55. The largest absolute Gasteiger partial charge is 0.496 e. The minimum Gasteiger partial charge on any atom is -0.496 e. The molecule has 0 aromatic heterocycles. The van der Waals surface area contributed by atoms with Crippen molar-refractivity contribution in [1.29, 1.82) is 0 Å². The van der Waals surface area contributed by atoms with E-state index in [-0.39, 0.29) is 0 Å². The fourth-order valence-corrected chi connectivity index (χ4v) is 2.19. The first-order chi connectivity index (χ1) is 8.01. The van der Waals surface area contributed by atoms with Crippen LogP contribution in [0, 0.1) is 12.3 Å². The number of aryl methyl sites for hydroxylation is 1. The van der Waals surface area contributed by atoms with E-state index in [0.717, 1.165) is 11.1 Å². The summed E-state index contributed by atoms with van der Waals surface area (Å²) in [5.41, 5.74) is 7.17. The number of carbonyl (C=O) groups is 1. The van der Waals surface area contributed by atoms with Crippen molar-refractivity contribution in [2.45, 2.75) is 25.8 Å². The second-order valence-electron chi connectivity index (χ2n) is 4.68. The molecule has 3 N–H and O–H groups in total. The number of carboxylic acids is 1. The quantitative estimate of drug-likeness (QED) is 0.835. The maximum atomic E-state index is 11.3. The van der Waals surface area contributed by atoms with Crippen LogP contribution < -0.4 is 10.5 Å². The molecule has 1 saturated carbocycles. The Bertz CT molecular complexity index is 452. The Morgan fingerprint density at radius 1 is 1.53 bits per heavy atom. The van der Waals surface area contributed by atoms with Gasteiger partial charge in [-0.25, -0.2) is 0 Å². The minimum absolute atomic E-state index is 0.505. The Kier molecular flexibility index (Phi) is 2.83. The maximum absolute atomic E-state index is 11.3. The first-order valence-corrected chi connectivity index (χ1v) is 5.65. The van der Waals surface area contributed by atoms with Crippen LogP contribution in [0.3, 0.4) is 0 Å². The highest BCUT2D eigenvalue weighted by molar-refractivity contribution is 5.79. The van der Waals surface area contributed by atoms with E-state index in [1.54, 1.807) is 7.11 Å². The zero-order chi connectivity index (χ0) is 12.6. The number of nitrogens with two attached hydrogens (primary N) is 1. The molecule has 92 valence electrons. The number of methoxy groups -OCH3 is 1. The number of hydrogen-bond acceptors (Lipinski definition) is 3. The van der Waals surface area contributed by atoms with Gasteiger partial charge in [-0.3, -0.25) is 4.79 Å². The van der Waals surface area contributed by atoms with E-state index in [9.17, 15) is 9.90 Å². The van der Waals surface area contributed by atoms with E-state index < -0.39 is 17.4 Å². The van der Waals surface area contributed by atoms with Crippen LogP contribution in [-0.4, -0.2) is 18.2 Å². The average molecular weight is 235 g/mol. The molecule has 2 rings (SSSR count). The van der Waals surface area contributed by atoms with Gasteiger partial charge in [0.1, 0.15) is 5.75 Å². The van der Waals surface area contributed by atoms with Crippen LogP contribution in [0.2, 0.25) is 0 Å². The van der Waals surface area contributed by atoms with E-state index in [4.69, 9.17) is 10.5 Å². The van der Waals surface area contributed by atoms with E-state index in [2.05, 4.69) is 0 Å². The normalized spacial score (nSPS) is 18.5. The van der Waals surface area contributed by atoms with Gasteiger partial charge >= 0.3 is 5.97 Å². The number of benzene rings is 1. The molecule has 0 radical (unpaired) electrons. The van der Waals surface area contributed by atoms with Crippen LogP contribution in [0.15, 0.2) is 18.2 Å². The van der Waals surface area contributed by atoms with Crippen molar-refractivity contribution in [1.82, 2.24) is 0 Å². The molecule has 0 bridgehead atoms. The van der Waals surface area contributed by atoms with Crippen LogP contribution in [0.5, 0.6) is 5.75 Å². The monoisotopic (exact) mass is 235 g/mol.